The normalized spacial score (nSPS) is 12.1. The second-order valence-electron chi connectivity index (χ2n) is 8.15. The topological polar surface area (TPSA) is 56.1 Å². The summed E-state index contributed by atoms with van der Waals surface area (Å²) in [7, 11) is 1.59. The summed E-state index contributed by atoms with van der Waals surface area (Å²) < 4.78 is 7.44. The average Bonchev–Trinajstić information content (AvgIpc) is 3.22. The van der Waals surface area contributed by atoms with Gasteiger partial charge in [0.1, 0.15) is 11.6 Å². The molecule has 0 radical (unpaired) electrons. The summed E-state index contributed by atoms with van der Waals surface area (Å²) in [5.41, 5.74) is 3.70. The van der Waals surface area contributed by atoms with Crippen LogP contribution < -0.4 is 10.1 Å². The Hall–Kier alpha value is -4.12. The summed E-state index contributed by atoms with van der Waals surface area (Å²) in [6.07, 6.45) is 0. The zero-order valence-corrected chi connectivity index (χ0v) is 18.7. The molecule has 1 heterocycles. The molecule has 0 aliphatic heterocycles. The maximum Gasteiger partial charge on any atom is 0.251 e. The molecule has 5 nitrogen and oxygen atoms in total. The fraction of sp³-hybridized carbons (Fsp3) is 0.143. The number of ether oxygens (including phenoxy) is 1. The predicted molar refractivity (Wildman–Crippen MR) is 132 cm³/mol. The average molecular weight is 436 g/mol. The first-order chi connectivity index (χ1) is 16.1. The minimum atomic E-state index is -0.281. The summed E-state index contributed by atoms with van der Waals surface area (Å²) in [6, 6.07) is 29.8. The molecule has 4 aromatic carbocycles. The molecule has 5 rings (SSSR count). The van der Waals surface area contributed by atoms with Crippen molar-refractivity contribution in [2.24, 2.45) is 0 Å². The molecule has 0 bridgehead atoms. The Morgan fingerprint density at radius 3 is 2.58 bits per heavy atom. The van der Waals surface area contributed by atoms with E-state index in [4.69, 9.17) is 9.72 Å². The van der Waals surface area contributed by atoms with Crippen LogP contribution in [0.15, 0.2) is 91.0 Å². The number of para-hydroxylation sites is 2. The Balaban J connectivity index is 1.48. The third-order valence-electron chi connectivity index (χ3n) is 5.91. The highest BCUT2D eigenvalue weighted by Crippen LogP contribution is 2.24. The van der Waals surface area contributed by atoms with Crippen LogP contribution >= 0.6 is 0 Å². The number of methoxy groups -OCH3 is 1. The van der Waals surface area contributed by atoms with E-state index in [-0.39, 0.29) is 11.9 Å². The van der Waals surface area contributed by atoms with E-state index in [2.05, 4.69) is 58.4 Å². The SMILES string of the molecule is COc1cccc(C(=O)NC(C)c2nc3ccccc3n2Cc2ccc3ccccc3c2)c1. The zero-order chi connectivity index (χ0) is 22.8. The van der Waals surface area contributed by atoms with Crippen LogP contribution in [0.4, 0.5) is 0 Å². The van der Waals surface area contributed by atoms with Gasteiger partial charge in [0.05, 0.1) is 24.2 Å². The van der Waals surface area contributed by atoms with Crippen LogP contribution in [0.3, 0.4) is 0 Å². The molecular formula is C28H25N3O2. The molecule has 0 spiro atoms. The van der Waals surface area contributed by atoms with Crippen LogP contribution in [-0.4, -0.2) is 22.6 Å². The molecule has 0 aliphatic rings. The Bertz CT molecular complexity index is 1450. The van der Waals surface area contributed by atoms with E-state index in [0.29, 0.717) is 17.9 Å². The van der Waals surface area contributed by atoms with Crippen LogP contribution in [0.25, 0.3) is 21.8 Å². The van der Waals surface area contributed by atoms with Gasteiger partial charge in [-0.25, -0.2) is 4.98 Å². The van der Waals surface area contributed by atoms with Gasteiger partial charge in [0.15, 0.2) is 0 Å². The summed E-state index contributed by atoms with van der Waals surface area (Å²) in [6.45, 7) is 2.64. The summed E-state index contributed by atoms with van der Waals surface area (Å²) in [5, 5.41) is 5.53. The summed E-state index contributed by atoms with van der Waals surface area (Å²) in [4.78, 5) is 17.8. The molecule has 5 aromatic rings. The molecule has 0 fully saturated rings. The number of amides is 1. The first-order valence-corrected chi connectivity index (χ1v) is 11.0. The maximum absolute atomic E-state index is 12.9. The summed E-state index contributed by atoms with van der Waals surface area (Å²) >= 11 is 0. The molecule has 1 aromatic heterocycles. The standard InChI is InChI=1S/C28H25N3O2/c1-19(29-28(32)23-10-7-11-24(17-23)33-2)27-30-25-12-5-6-13-26(25)31(27)18-20-14-15-21-8-3-4-9-22(21)16-20/h3-17,19H,18H2,1-2H3,(H,29,32). The van der Waals surface area contributed by atoms with Gasteiger partial charge in [0.25, 0.3) is 5.91 Å². The van der Waals surface area contributed by atoms with Crippen LogP contribution in [0.2, 0.25) is 0 Å². The number of aromatic nitrogens is 2. The monoisotopic (exact) mass is 435 g/mol. The lowest BCUT2D eigenvalue weighted by molar-refractivity contribution is 0.0937. The van der Waals surface area contributed by atoms with Gasteiger partial charge in [-0.15, -0.1) is 0 Å². The highest BCUT2D eigenvalue weighted by atomic mass is 16.5. The highest BCUT2D eigenvalue weighted by Gasteiger charge is 2.19. The Labute approximate surface area is 192 Å². The fourth-order valence-electron chi connectivity index (χ4n) is 4.22. The first-order valence-electron chi connectivity index (χ1n) is 11.0. The number of fused-ring (bicyclic) bond motifs is 2. The number of benzene rings is 4. The third-order valence-corrected chi connectivity index (χ3v) is 5.91. The van der Waals surface area contributed by atoms with E-state index >= 15 is 0 Å². The molecule has 164 valence electrons. The number of rotatable bonds is 6. The molecule has 1 atom stereocenters. The number of hydrogen-bond donors (Lipinski definition) is 1. The van der Waals surface area contributed by atoms with Crippen LogP contribution in [0.1, 0.15) is 34.7 Å². The minimum absolute atomic E-state index is 0.161. The molecule has 0 saturated carbocycles. The minimum Gasteiger partial charge on any atom is -0.497 e. The van der Waals surface area contributed by atoms with Crippen molar-refractivity contribution in [3.8, 4) is 5.75 Å². The van der Waals surface area contributed by atoms with Crippen molar-refractivity contribution in [2.75, 3.05) is 7.11 Å². The second-order valence-corrected chi connectivity index (χ2v) is 8.15. The molecule has 33 heavy (non-hydrogen) atoms. The van der Waals surface area contributed by atoms with Crippen molar-refractivity contribution in [2.45, 2.75) is 19.5 Å². The van der Waals surface area contributed by atoms with Gasteiger partial charge in [-0.3, -0.25) is 4.79 Å². The lowest BCUT2D eigenvalue weighted by Crippen LogP contribution is -2.28. The largest absolute Gasteiger partial charge is 0.497 e. The van der Waals surface area contributed by atoms with E-state index in [9.17, 15) is 4.79 Å². The van der Waals surface area contributed by atoms with Crippen LogP contribution in [0, 0.1) is 0 Å². The molecule has 1 amide bonds. The van der Waals surface area contributed by atoms with Crippen molar-refractivity contribution in [1.29, 1.82) is 0 Å². The van der Waals surface area contributed by atoms with Crippen LogP contribution in [0.5, 0.6) is 5.75 Å². The molecule has 1 N–H and O–H groups in total. The maximum atomic E-state index is 12.9. The first kappa shape index (κ1) is 20.8. The molecule has 1 unspecified atom stereocenters. The van der Waals surface area contributed by atoms with Gasteiger partial charge in [0.2, 0.25) is 0 Å². The Morgan fingerprint density at radius 1 is 0.939 bits per heavy atom. The number of carbonyl (C=O) groups excluding carboxylic acids is 1. The third kappa shape index (κ3) is 4.17. The smallest absolute Gasteiger partial charge is 0.251 e. The van der Waals surface area contributed by atoms with Gasteiger partial charge in [-0.2, -0.15) is 0 Å². The van der Waals surface area contributed by atoms with Gasteiger partial charge in [-0.05, 0) is 59.7 Å². The van der Waals surface area contributed by atoms with Gasteiger partial charge in [-0.1, -0.05) is 54.6 Å². The molecule has 0 saturated heterocycles. The molecule has 5 heteroatoms. The van der Waals surface area contributed by atoms with Gasteiger partial charge in [0, 0.05) is 12.1 Å². The van der Waals surface area contributed by atoms with Crippen molar-refractivity contribution in [3.63, 3.8) is 0 Å². The number of hydrogen-bond acceptors (Lipinski definition) is 3. The molecular weight excluding hydrogens is 410 g/mol. The highest BCUT2D eigenvalue weighted by molar-refractivity contribution is 5.94. The summed E-state index contributed by atoms with van der Waals surface area (Å²) in [5.74, 6) is 1.31. The zero-order valence-electron chi connectivity index (χ0n) is 18.7. The number of carbonyl (C=O) groups is 1. The number of nitrogens with one attached hydrogen (secondary N) is 1. The van der Waals surface area contributed by atoms with E-state index in [1.165, 1.54) is 16.3 Å². The van der Waals surface area contributed by atoms with Gasteiger partial charge < -0.3 is 14.6 Å². The van der Waals surface area contributed by atoms with Crippen molar-refractivity contribution < 1.29 is 9.53 Å². The van der Waals surface area contributed by atoms with Crippen molar-refractivity contribution >= 4 is 27.7 Å². The second kappa shape index (κ2) is 8.79. The van der Waals surface area contributed by atoms with E-state index in [1.54, 1.807) is 19.2 Å². The Kier molecular flexibility index (Phi) is 5.53. The van der Waals surface area contributed by atoms with E-state index < -0.39 is 0 Å². The van der Waals surface area contributed by atoms with E-state index in [1.807, 2.05) is 37.3 Å². The number of nitrogens with zero attached hydrogens (tertiary/aromatic N) is 2. The number of imidazole rings is 1. The van der Waals surface area contributed by atoms with Crippen LogP contribution in [-0.2, 0) is 6.54 Å². The van der Waals surface area contributed by atoms with Crippen molar-refractivity contribution in [1.82, 2.24) is 14.9 Å². The quantitative estimate of drug-likeness (QED) is 0.370. The lowest BCUT2D eigenvalue weighted by Gasteiger charge is -2.17. The van der Waals surface area contributed by atoms with Crippen molar-refractivity contribution in [3.05, 3.63) is 108 Å². The Morgan fingerprint density at radius 2 is 1.73 bits per heavy atom. The lowest BCUT2D eigenvalue weighted by atomic mass is 10.1. The fourth-order valence-corrected chi connectivity index (χ4v) is 4.22. The predicted octanol–water partition coefficient (Wildman–Crippen LogP) is 5.74. The molecule has 0 aliphatic carbocycles. The van der Waals surface area contributed by atoms with Gasteiger partial charge >= 0.3 is 0 Å². The van der Waals surface area contributed by atoms with E-state index in [0.717, 1.165) is 16.9 Å².